The van der Waals surface area contributed by atoms with Crippen LogP contribution in [0.1, 0.15) is 18.4 Å². The highest BCUT2D eigenvalue weighted by atomic mass is 19.1. The summed E-state index contributed by atoms with van der Waals surface area (Å²) in [5, 5.41) is 2.49. The largest absolute Gasteiger partial charge is 0.454 e. The molecule has 0 radical (unpaired) electrons. The van der Waals surface area contributed by atoms with E-state index in [2.05, 4.69) is 5.32 Å². The lowest BCUT2D eigenvalue weighted by atomic mass is 10.2. The Hall–Kier alpha value is -1.95. The number of benzene rings is 1. The van der Waals surface area contributed by atoms with Crippen LogP contribution in [0.5, 0.6) is 0 Å². The Kier molecular flexibility index (Phi) is 5.06. The molecule has 2 rings (SSSR count). The van der Waals surface area contributed by atoms with Gasteiger partial charge in [0, 0.05) is 18.7 Å². The van der Waals surface area contributed by atoms with Gasteiger partial charge in [-0.05, 0) is 18.9 Å². The van der Waals surface area contributed by atoms with E-state index in [9.17, 15) is 14.0 Å². The third kappa shape index (κ3) is 4.03. The van der Waals surface area contributed by atoms with Crippen molar-refractivity contribution in [2.45, 2.75) is 25.5 Å². The standard InChI is InChI=1S/C14H16FNO4/c15-11-5-2-1-4-10(11)8-16-13(17)9-20-14(18)12-6-3-7-19-12/h1-2,4-5,12H,3,6-9H2,(H,16,17)/t12-/m1/s1. The number of carbonyl (C=O) groups is 2. The van der Waals surface area contributed by atoms with Crippen LogP contribution in [0.2, 0.25) is 0 Å². The summed E-state index contributed by atoms with van der Waals surface area (Å²) in [6.45, 7) is 0.218. The second-order valence-corrected chi connectivity index (χ2v) is 4.48. The fourth-order valence-electron chi connectivity index (χ4n) is 1.88. The Morgan fingerprint density at radius 2 is 2.20 bits per heavy atom. The van der Waals surface area contributed by atoms with Crippen LogP contribution in [-0.2, 0) is 25.6 Å². The molecule has 1 aliphatic heterocycles. The third-order valence-corrected chi connectivity index (χ3v) is 2.97. The molecule has 0 saturated carbocycles. The normalized spacial score (nSPS) is 17.8. The Morgan fingerprint density at radius 3 is 2.90 bits per heavy atom. The molecule has 0 aromatic heterocycles. The first-order chi connectivity index (χ1) is 9.66. The fraction of sp³-hybridized carbons (Fsp3) is 0.429. The highest BCUT2D eigenvalue weighted by molar-refractivity contribution is 5.82. The first kappa shape index (κ1) is 14.5. The number of ether oxygens (including phenoxy) is 2. The average Bonchev–Trinajstić information content (AvgIpc) is 2.98. The van der Waals surface area contributed by atoms with Crippen molar-refractivity contribution < 1.29 is 23.5 Å². The van der Waals surface area contributed by atoms with Crippen molar-refractivity contribution in [1.29, 1.82) is 0 Å². The van der Waals surface area contributed by atoms with Crippen molar-refractivity contribution in [2.24, 2.45) is 0 Å². The molecule has 108 valence electrons. The molecule has 1 saturated heterocycles. The second-order valence-electron chi connectivity index (χ2n) is 4.48. The molecular formula is C14H16FNO4. The Morgan fingerprint density at radius 1 is 1.40 bits per heavy atom. The van der Waals surface area contributed by atoms with Crippen LogP contribution in [0.4, 0.5) is 4.39 Å². The number of hydrogen-bond donors (Lipinski definition) is 1. The van der Waals surface area contributed by atoms with Crippen molar-refractivity contribution in [3.05, 3.63) is 35.6 Å². The summed E-state index contributed by atoms with van der Waals surface area (Å²) >= 11 is 0. The van der Waals surface area contributed by atoms with Crippen LogP contribution >= 0.6 is 0 Å². The molecule has 1 aromatic carbocycles. The summed E-state index contributed by atoms with van der Waals surface area (Å²) in [5.74, 6) is -1.38. The molecule has 20 heavy (non-hydrogen) atoms. The summed E-state index contributed by atoms with van der Waals surface area (Å²) in [5.41, 5.74) is 0.381. The van der Waals surface area contributed by atoms with E-state index in [4.69, 9.17) is 9.47 Å². The lowest BCUT2D eigenvalue weighted by Gasteiger charge is -2.10. The number of rotatable bonds is 5. The van der Waals surface area contributed by atoms with Gasteiger partial charge >= 0.3 is 5.97 Å². The van der Waals surface area contributed by atoms with Gasteiger partial charge in [-0.15, -0.1) is 0 Å². The summed E-state index contributed by atoms with van der Waals surface area (Å²) in [6.07, 6.45) is 0.879. The molecular weight excluding hydrogens is 265 g/mol. The topological polar surface area (TPSA) is 64.6 Å². The van der Waals surface area contributed by atoms with Crippen molar-refractivity contribution >= 4 is 11.9 Å². The summed E-state index contributed by atoms with van der Waals surface area (Å²) < 4.78 is 23.3. The zero-order valence-corrected chi connectivity index (χ0v) is 10.9. The SMILES string of the molecule is O=C(COC(=O)[C@H]1CCCO1)NCc1ccccc1F. The minimum absolute atomic E-state index is 0.0585. The number of amides is 1. The van der Waals surface area contributed by atoms with E-state index in [0.717, 1.165) is 6.42 Å². The van der Waals surface area contributed by atoms with Gasteiger partial charge in [-0.3, -0.25) is 4.79 Å². The molecule has 0 aliphatic carbocycles. The van der Waals surface area contributed by atoms with Crippen LogP contribution in [0.15, 0.2) is 24.3 Å². The highest BCUT2D eigenvalue weighted by Crippen LogP contribution is 2.13. The lowest BCUT2D eigenvalue weighted by molar-refractivity contribution is -0.157. The highest BCUT2D eigenvalue weighted by Gasteiger charge is 2.25. The van der Waals surface area contributed by atoms with Crippen LogP contribution in [0.3, 0.4) is 0 Å². The van der Waals surface area contributed by atoms with E-state index in [1.807, 2.05) is 0 Å². The van der Waals surface area contributed by atoms with E-state index in [-0.39, 0.29) is 19.0 Å². The van der Waals surface area contributed by atoms with Gasteiger partial charge in [-0.1, -0.05) is 18.2 Å². The molecule has 1 atom stereocenters. The zero-order valence-electron chi connectivity index (χ0n) is 10.9. The average molecular weight is 281 g/mol. The van der Waals surface area contributed by atoms with E-state index in [1.54, 1.807) is 18.2 Å². The number of hydrogen-bond acceptors (Lipinski definition) is 4. The summed E-state index contributed by atoms with van der Waals surface area (Å²) in [4.78, 5) is 23.0. The second kappa shape index (κ2) is 7.00. The predicted octanol–water partition coefficient (Wildman–Crippen LogP) is 1.16. The molecule has 1 fully saturated rings. The van der Waals surface area contributed by atoms with Gasteiger partial charge in [0.1, 0.15) is 5.82 Å². The molecule has 1 amide bonds. The number of halogens is 1. The van der Waals surface area contributed by atoms with Crippen molar-refractivity contribution in [3.63, 3.8) is 0 Å². The van der Waals surface area contributed by atoms with E-state index in [1.165, 1.54) is 6.07 Å². The minimum atomic E-state index is -0.561. The maximum Gasteiger partial charge on any atom is 0.335 e. The summed E-state index contributed by atoms with van der Waals surface area (Å²) in [6, 6.07) is 6.15. The maximum atomic E-state index is 13.3. The van der Waals surface area contributed by atoms with Crippen molar-refractivity contribution in [2.75, 3.05) is 13.2 Å². The van der Waals surface area contributed by atoms with E-state index >= 15 is 0 Å². The van der Waals surface area contributed by atoms with Crippen LogP contribution in [0, 0.1) is 5.82 Å². The van der Waals surface area contributed by atoms with Crippen LogP contribution in [-0.4, -0.2) is 31.2 Å². The fourth-order valence-corrected chi connectivity index (χ4v) is 1.88. The van der Waals surface area contributed by atoms with Gasteiger partial charge in [0.2, 0.25) is 0 Å². The molecule has 0 spiro atoms. The van der Waals surface area contributed by atoms with Gasteiger partial charge in [0.25, 0.3) is 5.91 Å². The summed E-state index contributed by atoms with van der Waals surface area (Å²) in [7, 11) is 0. The Balaban J connectivity index is 1.70. The number of nitrogens with one attached hydrogen (secondary N) is 1. The molecule has 1 N–H and O–H groups in total. The third-order valence-electron chi connectivity index (χ3n) is 2.97. The first-order valence-corrected chi connectivity index (χ1v) is 6.45. The van der Waals surface area contributed by atoms with Crippen LogP contribution in [0.25, 0.3) is 0 Å². The molecule has 1 aliphatic rings. The zero-order chi connectivity index (χ0) is 14.4. The number of carbonyl (C=O) groups excluding carboxylic acids is 2. The van der Waals surface area contributed by atoms with Gasteiger partial charge < -0.3 is 14.8 Å². The quantitative estimate of drug-likeness (QED) is 0.823. The molecule has 5 nitrogen and oxygen atoms in total. The predicted molar refractivity (Wildman–Crippen MR) is 68.2 cm³/mol. The van der Waals surface area contributed by atoms with Crippen molar-refractivity contribution in [1.82, 2.24) is 5.32 Å². The lowest BCUT2D eigenvalue weighted by Crippen LogP contribution is -2.31. The van der Waals surface area contributed by atoms with Gasteiger partial charge in [-0.2, -0.15) is 0 Å². The van der Waals surface area contributed by atoms with Gasteiger partial charge in [0.15, 0.2) is 12.7 Å². The monoisotopic (exact) mass is 281 g/mol. The molecule has 1 aromatic rings. The van der Waals surface area contributed by atoms with E-state index < -0.39 is 18.0 Å². The smallest absolute Gasteiger partial charge is 0.335 e. The molecule has 1 heterocycles. The first-order valence-electron chi connectivity index (χ1n) is 6.45. The Bertz CT molecular complexity index is 486. The van der Waals surface area contributed by atoms with Crippen LogP contribution < -0.4 is 5.32 Å². The minimum Gasteiger partial charge on any atom is -0.454 e. The van der Waals surface area contributed by atoms with Crippen molar-refractivity contribution in [3.8, 4) is 0 Å². The van der Waals surface area contributed by atoms with Gasteiger partial charge in [-0.25, -0.2) is 9.18 Å². The number of esters is 1. The molecule has 0 unspecified atom stereocenters. The Labute approximate surface area is 116 Å². The molecule has 0 bridgehead atoms. The van der Waals surface area contributed by atoms with Gasteiger partial charge in [0.05, 0.1) is 0 Å². The molecule has 6 heteroatoms. The maximum absolute atomic E-state index is 13.3. The van der Waals surface area contributed by atoms with E-state index in [0.29, 0.717) is 18.6 Å².